The molecular weight excluding hydrogens is 266 g/mol. The summed E-state index contributed by atoms with van der Waals surface area (Å²) < 4.78 is 0. The highest BCUT2D eigenvalue weighted by molar-refractivity contribution is 5.97. The van der Waals surface area contributed by atoms with Crippen LogP contribution in [0.2, 0.25) is 0 Å². The van der Waals surface area contributed by atoms with Crippen molar-refractivity contribution in [3.63, 3.8) is 0 Å². The smallest absolute Gasteiger partial charge is 0.272 e. The van der Waals surface area contributed by atoms with Gasteiger partial charge in [-0.2, -0.15) is 0 Å². The molecule has 110 valence electrons. The van der Waals surface area contributed by atoms with Gasteiger partial charge in [0.25, 0.3) is 5.91 Å². The normalized spacial score (nSPS) is 10.5. The van der Waals surface area contributed by atoms with Gasteiger partial charge < -0.3 is 10.6 Å². The number of carbonyl (C=O) groups excluding carboxylic acids is 1. The second-order valence-electron chi connectivity index (χ2n) is 4.90. The van der Waals surface area contributed by atoms with Crippen LogP contribution in [0.25, 0.3) is 0 Å². The Morgan fingerprint density at radius 2 is 2.10 bits per heavy atom. The zero-order chi connectivity index (χ0) is 15.2. The fraction of sp³-hybridized carbons (Fsp3) is 0.333. The minimum Gasteiger partial charge on any atom is -0.385 e. The van der Waals surface area contributed by atoms with Crippen molar-refractivity contribution in [2.75, 3.05) is 12.4 Å². The van der Waals surface area contributed by atoms with Gasteiger partial charge in [0.1, 0.15) is 5.82 Å². The topological polar surface area (TPSA) is 79.8 Å². The minimum absolute atomic E-state index is 0.165. The molecule has 0 atom stereocenters. The summed E-state index contributed by atoms with van der Waals surface area (Å²) in [5.74, 6) is 0.574. The van der Waals surface area contributed by atoms with Crippen LogP contribution in [0, 0.1) is 0 Å². The Bertz CT molecular complexity index is 613. The van der Waals surface area contributed by atoms with E-state index in [0.717, 1.165) is 5.69 Å². The van der Waals surface area contributed by atoms with Crippen LogP contribution in [0.3, 0.4) is 0 Å². The molecule has 2 N–H and O–H groups in total. The predicted octanol–water partition coefficient (Wildman–Crippen LogP) is 1.97. The Morgan fingerprint density at radius 3 is 2.71 bits per heavy atom. The van der Waals surface area contributed by atoms with Crippen LogP contribution in [-0.4, -0.2) is 27.9 Å². The second-order valence-corrected chi connectivity index (χ2v) is 4.90. The van der Waals surface area contributed by atoms with Crippen LogP contribution < -0.4 is 10.6 Å². The summed E-state index contributed by atoms with van der Waals surface area (Å²) in [5, 5.41) is 5.76. The summed E-state index contributed by atoms with van der Waals surface area (Å²) in [5.41, 5.74) is 1.76. The molecule has 0 aliphatic rings. The van der Waals surface area contributed by atoms with Crippen molar-refractivity contribution in [1.82, 2.24) is 20.3 Å². The maximum absolute atomic E-state index is 12.3. The molecule has 0 unspecified atom stereocenters. The third-order valence-electron chi connectivity index (χ3n) is 2.96. The average Bonchev–Trinajstić information content (AvgIpc) is 2.52. The van der Waals surface area contributed by atoms with Crippen LogP contribution in [0.5, 0.6) is 0 Å². The highest BCUT2D eigenvalue weighted by Gasteiger charge is 2.15. The molecule has 1 amide bonds. The maximum Gasteiger partial charge on any atom is 0.272 e. The predicted molar refractivity (Wildman–Crippen MR) is 81.1 cm³/mol. The first-order valence-corrected chi connectivity index (χ1v) is 6.84. The molecular formula is C15H19N5O. The van der Waals surface area contributed by atoms with Crippen LogP contribution in [-0.2, 0) is 6.54 Å². The number of pyridine rings is 1. The summed E-state index contributed by atoms with van der Waals surface area (Å²) >= 11 is 0. The maximum atomic E-state index is 12.3. The molecule has 2 aromatic rings. The van der Waals surface area contributed by atoms with Crippen molar-refractivity contribution in [2.24, 2.45) is 0 Å². The second kappa shape index (κ2) is 6.78. The number of carbonyl (C=O) groups is 1. The van der Waals surface area contributed by atoms with Crippen molar-refractivity contribution in [2.45, 2.75) is 26.3 Å². The van der Waals surface area contributed by atoms with Crippen molar-refractivity contribution < 1.29 is 4.79 Å². The van der Waals surface area contributed by atoms with Crippen LogP contribution in [0.15, 0.2) is 30.6 Å². The van der Waals surface area contributed by atoms with Gasteiger partial charge in [0.05, 0.1) is 24.1 Å². The van der Waals surface area contributed by atoms with Gasteiger partial charge in [-0.3, -0.25) is 9.78 Å². The third kappa shape index (κ3) is 3.75. The van der Waals surface area contributed by atoms with Gasteiger partial charge in [0.15, 0.2) is 5.69 Å². The Kier molecular flexibility index (Phi) is 4.81. The molecule has 6 nitrogen and oxygen atoms in total. The first kappa shape index (κ1) is 14.9. The monoisotopic (exact) mass is 285 g/mol. The standard InChI is InChI=1S/C15H19N5O/c1-10(2)14-18-9-12(16-3)13(20-14)15(21)19-8-11-6-4-5-7-17-11/h4-7,9-10,16H,8H2,1-3H3,(H,19,21). The summed E-state index contributed by atoms with van der Waals surface area (Å²) in [7, 11) is 1.74. The van der Waals surface area contributed by atoms with E-state index in [0.29, 0.717) is 23.8 Å². The van der Waals surface area contributed by atoms with E-state index in [4.69, 9.17) is 0 Å². The lowest BCUT2D eigenvalue weighted by Crippen LogP contribution is -2.26. The summed E-state index contributed by atoms with van der Waals surface area (Å²) in [6.45, 7) is 4.34. The van der Waals surface area contributed by atoms with Gasteiger partial charge >= 0.3 is 0 Å². The van der Waals surface area contributed by atoms with E-state index in [9.17, 15) is 4.79 Å². The highest BCUT2D eigenvalue weighted by Crippen LogP contribution is 2.15. The SMILES string of the molecule is CNc1cnc(C(C)C)nc1C(=O)NCc1ccccn1. The summed E-state index contributed by atoms with van der Waals surface area (Å²) in [6, 6.07) is 5.58. The van der Waals surface area contributed by atoms with Crippen molar-refractivity contribution in [3.8, 4) is 0 Å². The summed E-state index contributed by atoms with van der Waals surface area (Å²) in [6.07, 6.45) is 3.33. The first-order chi connectivity index (χ1) is 10.1. The Hall–Kier alpha value is -2.50. The van der Waals surface area contributed by atoms with Gasteiger partial charge in [-0.1, -0.05) is 19.9 Å². The van der Waals surface area contributed by atoms with Crippen molar-refractivity contribution in [1.29, 1.82) is 0 Å². The largest absolute Gasteiger partial charge is 0.385 e. The van der Waals surface area contributed by atoms with E-state index >= 15 is 0 Å². The lowest BCUT2D eigenvalue weighted by Gasteiger charge is -2.11. The van der Waals surface area contributed by atoms with E-state index in [1.165, 1.54) is 0 Å². The molecule has 0 saturated heterocycles. The van der Waals surface area contributed by atoms with E-state index in [-0.39, 0.29) is 11.8 Å². The number of anilines is 1. The molecule has 0 spiro atoms. The van der Waals surface area contributed by atoms with Gasteiger partial charge in [-0.15, -0.1) is 0 Å². The van der Waals surface area contributed by atoms with Crippen LogP contribution in [0.4, 0.5) is 5.69 Å². The van der Waals surface area contributed by atoms with E-state index in [1.807, 2.05) is 32.0 Å². The molecule has 21 heavy (non-hydrogen) atoms. The number of nitrogens with one attached hydrogen (secondary N) is 2. The molecule has 0 fully saturated rings. The fourth-order valence-electron chi connectivity index (χ4n) is 1.79. The number of nitrogens with zero attached hydrogens (tertiary/aromatic N) is 3. The minimum atomic E-state index is -0.241. The number of rotatable bonds is 5. The van der Waals surface area contributed by atoms with Crippen LogP contribution in [0.1, 0.15) is 41.8 Å². The fourth-order valence-corrected chi connectivity index (χ4v) is 1.79. The molecule has 0 saturated carbocycles. The lowest BCUT2D eigenvalue weighted by molar-refractivity contribution is 0.0946. The Morgan fingerprint density at radius 1 is 1.29 bits per heavy atom. The van der Waals surface area contributed by atoms with Crippen molar-refractivity contribution >= 4 is 11.6 Å². The number of amides is 1. The van der Waals surface area contributed by atoms with Gasteiger partial charge in [-0.05, 0) is 12.1 Å². The van der Waals surface area contributed by atoms with Gasteiger partial charge in [0.2, 0.25) is 0 Å². The van der Waals surface area contributed by atoms with E-state index in [2.05, 4.69) is 25.6 Å². The molecule has 2 aromatic heterocycles. The average molecular weight is 285 g/mol. The molecule has 2 heterocycles. The quantitative estimate of drug-likeness (QED) is 0.878. The molecule has 0 radical (unpaired) electrons. The van der Waals surface area contributed by atoms with Gasteiger partial charge in [-0.25, -0.2) is 9.97 Å². The number of aromatic nitrogens is 3. The molecule has 0 aliphatic carbocycles. The number of hydrogen-bond donors (Lipinski definition) is 2. The Labute approximate surface area is 124 Å². The molecule has 2 rings (SSSR count). The van der Waals surface area contributed by atoms with Crippen LogP contribution >= 0.6 is 0 Å². The highest BCUT2D eigenvalue weighted by atomic mass is 16.1. The van der Waals surface area contributed by atoms with E-state index in [1.54, 1.807) is 19.4 Å². The molecule has 0 aromatic carbocycles. The zero-order valence-corrected chi connectivity index (χ0v) is 12.4. The third-order valence-corrected chi connectivity index (χ3v) is 2.96. The Balaban J connectivity index is 2.15. The van der Waals surface area contributed by atoms with E-state index < -0.39 is 0 Å². The zero-order valence-electron chi connectivity index (χ0n) is 12.4. The first-order valence-electron chi connectivity index (χ1n) is 6.84. The molecule has 0 bridgehead atoms. The molecule has 6 heteroatoms. The number of hydrogen-bond acceptors (Lipinski definition) is 5. The van der Waals surface area contributed by atoms with Gasteiger partial charge in [0, 0.05) is 19.2 Å². The summed E-state index contributed by atoms with van der Waals surface area (Å²) in [4.78, 5) is 25.1. The van der Waals surface area contributed by atoms with Crippen molar-refractivity contribution in [3.05, 3.63) is 47.8 Å². The molecule has 0 aliphatic heterocycles. The lowest BCUT2D eigenvalue weighted by atomic mass is 10.2.